The van der Waals surface area contributed by atoms with Crippen molar-refractivity contribution in [3.05, 3.63) is 149 Å². The van der Waals surface area contributed by atoms with E-state index < -0.39 is 0 Å². The molecule has 6 aromatic carbocycles. The first-order chi connectivity index (χ1) is 20.7. The highest BCUT2D eigenvalue weighted by molar-refractivity contribution is 14.1. The summed E-state index contributed by atoms with van der Waals surface area (Å²) < 4.78 is 7.41. The van der Waals surface area contributed by atoms with Crippen molar-refractivity contribution in [2.45, 2.75) is 0 Å². The lowest BCUT2D eigenvalue weighted by molar-refractivity contribution is 0.655. The fourth-order valence-electron chi connectivity index (χ4n) is 5.80. The van der Waals surface area contributed by atoms with Gasteiger partial charge in [-0.1, -0.05) is 103 Å². The van der Waals surface area contributed by atoms with Gasteiger partial charge in [-0.25, -0.2) is 4.98 Å². The van der Waals surface area contributed by atoms with Crippen LogP contribution in [0.1, 0.15) is 0 Å². The molecule has 0 spiro atoms. The molecule has 0 amide bonds. The van der Waals surface area contributed by atoms with Crippen molar-refractivity contribution in [1.29, 1.82) is 0 Å². The zero-order chi connectivity index (χ0) is 28.0. The molecular weight excluding hydrogens is 625 g/mol. The van der Waals surface area contributed by atoms with Crippen molar-refractivity contribution >= 4 is 55.4 Å². The Hall–Kier alpha value is -4.74. The topological polar surface area (TPSA) is 26.0 Å². The van der Waals surface area contributed by atoms with Crippen molar-refractivity contribution in [2.24, 2.45) is 0 Å². The maximum absolute atomic E-state index is 6.16. The number of benzene rings is 6. The minimum absolute atomic E-state index is 0.676. The summed E-state index contributed by atoms with van der Waals surface area (Å²) in [6, 6.07) is 50.0. The SMILES string of the molecule is Ic1ccc(-c2ccc(-c3ccc4cc(-c5ccc(-c6cccc7c6oc6ncccc67)cc5)ccc4c3)cc2)cc1. The average molecular weight is 650 g/mol. The maximum atomic E-state index is 6.16. The molecule has 0 saturated carbocycles. The molecule has 42 heavy (non-hydrogen) atoms. The number of fused-ring (bicyclic) bond motifs is 4. The largest absolute Gasteiger partial charge is 0.437 e. The van der Waals surface area contributed by atoms with E-state index in [1.54, 1.807) is 6.20 Å². The van der Waals surface area contributed by atoms with Crippen molar-refractivity contribution in [3.63, 3.8) is 0 Å². The predicted octanol–water partition coefficient (Wildman–Crippen LogP) is 11.4. The molecule has 0 saturated heterocycles. The molecule has 2 aromatic heterocycles. The van der Waals surface area contributed by atoms with E-state index in [1.807, 2.05) is 6.07 Å². The fourth-order valence-corrected chi connectivity index (χ4v) is 6.16. The van der Waals surface area contributed by atoms with Gasteiger partial charge in [0.05, 0.1) is 0 Å². The first-order valence-electron chi connectivity index (χ1n) is 14.0. The Kier molecular flexibility index (Phi) is 6.11. The molecule has 8 rings (SSSR count). The number of aromatic nitrogens is 1. The van der Waals surface area contributed by atoms with E-state index in [0.717, 1.165) is 27.5 Å². The van der Waals surface area contributed by atoms with E-state index in [0.29, 0.717) is 5.71 Å². The van der Waals surface area contributed by atoms with E-state index in [4.69, 9.17) is 4.42 Å². The van der Waals surface area contributed by atoms with Crippen molar-refractivity contribution < 1.29 is 4.42 Å². The van der Waals surface area contributed by atoms with Crippen LogP contribution in [-0.4, -0.2) is 4.98 Å². The third-order valence-electron chi connectivity index (χ3n) is 8.04. The summed E-state index contributed by atoms with van der Waals surface area (Å²) in [5, 5.41) is 4.61. The van der Waals surface area contributed by atoms with Crippen LogP contribution < -0.4 is 0 Å². The van der Waals surface area contributed by atoms with Gasteiger partial charge in [-0.05, 0) is 109 Å². The van der Waals surface area contributed by atoms with Gasteiger partial charge >= 0.3 is 0 Å². The van der Waals surface area contributed by atoms with Gasteiger partial charge in [-0.3, -0.25) is 0 Å². The number of para-hydroxylation sites is 1. The number of hydrogen-bond donors (Lipinski definition) is 0. The summed E-state index contributed by atoms with van der Waals surface area (Å²) in [5.74, 6) is 0. The molecule has 0 bridgehead atoms. The second-order valence-corrected chi connectivity index (χ2v) is 11.8. The molecule has 0 N–H and O–H groups in total. The van der Waals surface area contributed by atoms with Gasteiger partial charge in [-0.15, -0.1) is 0 Å². The van der Waals surface area contributed by atoms with Gasteiger partial charge in [0.15, 0.2) is 0 Å². The third-order valence-corrected chi connectivity index (χ3v) is 8.76. The van der Waals surface area contributed by atoms with Crippen LogP contribution in [0.3, 0.4) is 0 Å². The minimum atomic E-state index is 0.676. The standard InChI is InChI=1S/C39H24INO/c40-34-20-18-26(19-21-34)25-6-8-27(9-7-25)30-14-16-33-24-31(15-17-32(33)23-30)28-10-12-29(13-11-28)35-3-1-4-36-37-5-2-22-41-39(37)42-38(35)36/h1-24H. The van der Waals surface area contributed by atoms with Crippen LogP contribution in [0.5, 0.6) is 0 Å². The summed E-state index contributed by atoms with van der Waals surface area (Å²) in [6.07, 6.45) is 1.77. The highest BCUT2D eigenvalue weighted by Crippen LogP contribution is 2.36. The van der Waals surface area contributed by atoms with E-state index in [9.17, 15) is 0 Å². The first-order valence-corrected chi connectivity index (χ1v) is 15.0. The molecule has 2 nitrogen and oxygen atoms in total. The summed E-state index contributed by atoms with van der Waals surface area (Å²) in [5.41, 5.74) is 11.1. The molecule has 0 aliphatic carbocycles. The van der Waals surface area contributed by atoms with Crippen LogP contribution in [0.4, 0.5) is 0 Å². The number of furan rings is 1. The molecule has 0 unspecified atom stereocenters. The van der Waals surface area contributed by atoms with Gasteiger partial charge < -0.3 is 4.42 Å². The van der Waals surface area contributed by atoms with Crippen molar-refractivity contribution in [2.75, 3.05) is 0 Å². The normalized spacial score (nSPS) is 11.5. The Morgan fingerprint density at radius 1 is 0.452 bits per heavy atom. The van der Waals surface area contributed by atoms with Gasteiger partial charge in [0, 0.05) is 26.1 Å². The number of hydrogen-bond acceptors (Lipinski definition) is 2. The fraction of sp³-hybridized carbons (Fsp3) is 0. The summed E-state index contributed by atoms with van der Waals surface area (Å²) in [6.45, 7) is 0. The van der Waals surface area contributed by atoms with E-state index in [-0.39, 0.29) is 0 Å². The lowest BCUT2D eigenvalue weighted by atomic mass is 9.95. The van der Waals surface area contributed by atoms with Crippen molar-refractivity contribution in [1.82, 2.24) is 4.98 Å². The lowest BCUT2D eigenvalue weighted by Crippen LogP contribution is -1.84. The van der Waals surface area contributed by atoms with Crippen LogP contribution >= 0.6 is 22.6 Å². The molecular formula is C39H24INO. The third kappa shape index (κ3) is 4.47. The van der Waals surface area contributed by atoms with E-state index in [2.05, 4.69) is 161 Å². The average Bonchev–Trinajstić information content (AvgIpc) is 3.44. The molecule has 0 fully saturated rings. The zero-order valence-electron chi connectivity index (χ0n) is 22.6. The van der Waals surface area contributed by atoms with Gasteiger partial charge in [-0.2, -0.15) is 0 Å². The van der Waals surface area contributed by atoms with Crippen LogP contribution in [0, 0.1) is 3.57 Å². The quantitative estimate of drug-likeness (QED) is 0.177. The highest BCUT2D eigenvalue weighted by atomic mass is 127. The number of nitrogens with zero attached hydrogens (tertiary/aromatic N) is 1. The molecule has 3 heteroatoms. The van der Waals surface area contributed by atoms with Gasteiger partial charge in [0.25, 0.3) is 0 Å². The van der Waals surface area contributed by atoms with E-state index >= 15 is 0 Å². The summed E-state index contributed by atoms with van der Waals surface area (Å²) in [4.78, 5) is 4.40. The molecule has 2 heterocycles. The smallest absolute Gasteiger partial charge is 0.227 e. The Bertz CT molecular complexity index is 2230. The monoisotopic (exact) mass is 649 g/mol. The second kappa shape index (κ2) is 10.3. The first kappa shape index (κ1) is 25.0. The summed E-state index contributed by atoms with van der Waals surface area (Å²) >= 11 is 2.34. The molecule has 0 radical (unpaired) electrons. The molecule has 198 valence electrons. The number of rotatable bonds is 4. The Balaban J connectivity index is 1.07. The number of pyridine rings is 1. The van der Waals surface area contributed by atoms with Gasteiger partial charge in [0.2, 0.25) is 5.71 Å². The van der Waals surface area contributed by atoms with E-state index in [1.165, 1.54) is 47.7 Å². The molecule has 0 aliphatic heterocycles. The molecule has 0 atom stereocenters. The number of halogens is 1. The molecule has 8 aromatic rings. The summed E-state index contributed by atoms with van der Waals surface area (Å²) in [7, 11) is 0. The Morgan fingerprint density at radius 3 is 1.57 bits per heavy atom. The lowest BCUT2D eigenvalue weighted by Gasteiger charge is -2.09. The Labute approximate surface area is 257 Å². The second-order valence-electron chi connectivity index (χ2n) is 10.6. The van der Waals surface area contributed by atoms with Crippen molar-refractivity contribution in [3.8, 4) is 44.5 Å². The van der Waals surface area contributed by atoms with Gasteiger partial charge in [0.1, 0.15) is 5.58 Å². The Morgan fingerprint density at radius 2 is 0.952 bits per heavy atom. The van der Waals surface area contributed by atoms with Crippen LogP contribution in [-0.2, 0) is 0 Å². The highest BCUT2D eigenvalue weighted by Gasteiger charge is 2.13. The molecule has 0 aliphatic rings. The van der Waals surface area contributed by atoms with Crippen LogP contribution in [0.2, 0.25) is 0 Å². The minimum Gasteiger partial charge on any atom is -0.437 e. The maximum Gasteiger partial charge on any atom is 0.227 e. The van der Waals surface area contributed by atoms with Crippen LogP contribution in [0.25, 0.3) is 77.3 Å². The predicted molar refractivity (Wildman–Crippen MR) is 183 cm³/mol. The van der Waals surface area contributed by atoms with Crippen LogP contribution in [0.15, 0.2) is 150 Å². The zero-order valence-corrected chi connectivity index (χ0v) is 24.7.